The molecule has 0 bridgehead atoms. The quantitative estimate of drug-likeness (QED) is 0.779. The van der Waals surface area contributed by atoms with Crippen molar-refractivity contribution in [2.24, 2.45) is 0 Å². The molecule has 6 heteroatoms. The van der Waals surface area contributed by atoms with E-state index in [2.05, 4.69) is 9.97 Å². The zero-order valence-corrected chi connectivity index (χ0v) is 14.3. The minimum atomic E-state index is -0.775. The Kier molecular flexibility index (Phi) is 3.40. The van der Waals surface area contributed by atoms with Gasteiger partial charge in [-0.15, -0.1) is 0 Å². The molecule has 2 aromatic rings. The van der Waals surface area contributed by atoms with E-state index in [9.17, 15) is 14.4 Å². The fraction of sp³-hybridized carbons (Fsp3) is 0.190. The molecule has 0 amide bonds. The zero-order chi connectivity index (χ0) is 18.5. The number of nitrogens with zero attached hydrogens (tertiary/aromatic N) is 2. The van der Waals surface area contributed by atoms with Crippen LogP contribution in [-0.2, 0) is 9.53 Å². The topological polar surface area (TPSA) is 86.2 Å². The first kappa shape index (κ1) is 15.8. The van der Waals surface area contributed by atoms with Crippen molar-refractivity contribution in [2.45, 2.75) is 25.2 Å². The molecule has 1 unspecified atom stereocenters. The summed E-state index contributed by atoms with van der Waals surface area (Å²) in [6.45, 7) is 0. The Balaban J connectivity index is 1.77. The molecule has 2 aliphatic carbocycles. The van der Waals surface area contributed by atoms with E-state index in [4.69, 9.17) is 4.74 Å². The lowest BCUT2D eigenvalue weighted by atomic mass is 9.74. The molecule has 6 nitrogen and oxygen atoms in total. The number of aromatic nitrogens is 2. The molecule has 1 aromatic heterocycles. The van der Waals surface area contributed by atoms with Crippen LogP contribution < -0.4 is 0 Å². The Morgan fingerprint density at radius 2 is 1.56 bits per heavy atom. The summed E-state index contributed by atoms with van der Waals surface area (Å²) in [6, 6.07) is 8.33. The van der Waals surface area contributed by atoms with E-state index in [0.717, 1.165) is 0 Å². The largest absolute Gasteiger partial charge is 0.457 e. The SMILES string of the molecule is O=C1CCCC2=C1C(c1ncccn1)C1=C(O2)C(=O)c2ccccc2C1=O. The van der Waals surface area contributed by atoms with Crippen LogP contribution in [0.5, 0.6) is 0 Å². The monoisotopic (exact) mass is 358 g/mol. The average Bonchev–Trinajstić information content (AvgIpc) is 2.71. The van der Waals surface area contributed by atoms with Crippen molar-refractivity contribution in [3.63, 3.8) is 0 Å². The van der Waals surface area contributed by atoms with E-state index in [1.54, 1.807) is 42.7 Å². The maximum absolute atomic E-state index is 13.3. The predicted molar refractivity (Wildman–Crippen MR) is 93.9 cm³/mol. The summed E-state index contributed by atoms with van der Waals surface area (Å²) >= 11 is 0. The van der Waals surface area contributed by atoms with Crippen molar-refractivity contribution in [3.05, 3.63) is 82.3 Å². The van der Waals surface area contributed by atoms with Gasteiger partial charge in [-0.25, -0.2) is 9.97 Å². The second-order valence-electron chi connectivity index (χ2n) is 6.70. The summed E-state index contributed by atoms with van der Waals surface area (Å²) in [5.74, 6) is -0.723. The third kappa shape index (κ3) is 2.23. The molecule has 27 heavy (non-hydrogen) atoms. The molecule has 0 radical (unpaired) electrons. The number of Topliss-reactive ketones (excluding diaryl/α,β-unsaturated/α-hetero) is 3. The standard InChI is InChI=1S/C21H14N2O4/c24-13-7-3-8-14-15(13)16(21-22-9-4-10-23-21)17-18(25)11-5-1-2-6-12(11)19(26)20(17)27-14/h1-2,4-6,9-10,16H,3,7-8H2. The Bertz CT molecular complexity index is 1080. The predicted octanol–water partition coefficient (Wildman–Crippen LogP) is 2.93. The fourth-order valence-electron chi connectivity index (χ4n) is 3.98. The molecule has 1 aromatic carbocycles. The summed E-state index contributed by atoms with van der Waals surface area (Å²) in [5, 5.41) is 0. The second-order valence-corrected chi connectivity index (χ2v) is 6.70. The van der Waals surface area contributed by atoms with Gasteiger partial charge in [-0.2, -0.15) is 0 Å². The first-order valence-corrected chi connectivity index (χ1v) is 8.80. The van der Waals surface area contributed by atoms with Crippen LogP contribution in [0.1, 0.15) is 51.7 Å². The van der Waals surface area contributed by atoms with Crippen LogP contribution in [0.15, 0.2) is 65.4 Å². The highest BCUT2D eigenvalue weighted by atomic mass is 16.5. The van der Waals surface area contributed by atoms with Crippen molar-refractivity contribution >= 4 is 17.3 Å². The number of allylic oxidation sites excluding steroid dienone is 4. The van der Waals surface area contributed by atoms with Crippen LogP contribution in [0, 0.1) is 0 Å². The molecular formula is C21H14N2O4. The van der Waals surface area contributed by atoms with E-state index in [1.165, 1.54) is 0 Å². The number of ketones is 3. The van der Waals surface area contributed by atoms with Gasteiger partial charge >= 0.3 is 0 Å². The van der Waals surface area contributed by atoms with Gasteiger partial charge in [0.05, 0.1) is 11.5 Å². The number of hydrogen-bond donors (Lipinski definition) is 0. The van der Waals surface area contributed by atoms with Crippen LogP contribution >= 0.6 is 0 Å². The Labute approximate surface area is 154 Å². The second kappa shape index (κ2) is 5.81. The molecule has 2 heterocycles. The highest BCUT2D eigenvalue weighted by molar-refractivity contribution is 6.27. The van der Waals surface area contributed by atoms with Gasteiger partial charge in [0.2, 0.25) is 5.78 Å². The van der Waals surface area contributed by atoms with Gasteiger partial charge in [-0.05, 0) is 12.5 Å². The van der Waals surface area contributed by atoms with Gasteiger partial charge in [0.25, 0.3) is 0 Å². The normalized spacial score (nSPS) is 21.5. The third-order valence-corrected chi connectivity index (χ3v) is 5.17. The van der Waals surface area contributed by atoms with E-state index in [1.807, 2.05) is 0 Å². The molecule has 3 aliphatic rings. The highest BCUT2D eigenvalue weighted by Crippen LogP contribution is 2.47. The van der Waals surface area contributed by atoms with Crippen LogP contribution in [0.2, 0.25) is 0 Å². The van der Waals surface area contributed by atoms with Gasteiger partial charge in [-0.1, -0.05) is 24.3 Å². The van der Waals surface area contributed by atoms with Crippen molar-refractivity contribution in [2.75, 3.05) is 0 Å². The molecular weight excluding hydrogens is 344 g/mol. The number of benzene rings is 1. The van der Waals surface area contributed by atoms with Crippen LogP contribution in [0.3, 0.4) is 0 Å². The van der Waals surface area contributed by atoms with Crippen LogP contribution in [0.25, 0.3) is 0 Å². The van der Waals surface area contributed by atoms with E-state index >= 15 is 0 Å². The molecule has 5 rings (SSSR count). The van der Waals surface area contributed by atoms with Crippen molar-refractivity contribution in [1.29, 1.82) is 0 Å². The number of carbonyl (C=O) groups is 3. The van der Waals surface area contributed by atoms with E-state index in [0.29, 0.717) is 47.5 Å². The van der Waals surface area contributed by atoms with Gasteiger partial charge in [-0.3, -0.25) is 14.4 Å². The minimum absolute atomic E-state index is 0.00426. The Morgan fingerprint density at radius 1 is 0.852 bits per heavy atom. The Hall–Kier alpha value is -3.41. The van der Waals surface area contributed by atoms with Gasteiger partial charge in [0, 0.05) is 41.9 Å². The lowest BCUT2D eigenvalue weighted by Gasteiger charge is -2.34. The average molecular weight is 358 g/mol. The van der Waals surface area contributed by atoms with Gasteiger partial charge in [0.1, 0.15) is 11.6 Å². The molecule has 0 saturated carbocycles. The number of hydrogen-bond acceptors (Lipinski definition) is 6. The molecule has 132 valence electrons. The summed E-state index contributed by atoms with van der Waals surface area (Å²) in [6.07, 6.45) is 4.71. The number of rotatable bonds is 1. The molecule has 0 saturated heterocycles. The number of carbonyl (C=O) groups excluding carboxylic acids is 3. The first-order chi connectivity index (χ1) is 13.2. The zero-order valence-electron chi connectivity index (χ0n) is 14.3. The smallest absolute Gasteiger partial charge is 0.229 e. The molecule has 0 fully saturated rings. The molecule has 1 aliphatic heterocycles. The van der Waals surface area contributed by atoms with Crippen LogP contribution in [-0.4, -0.2) is 27.3 Å². The van der Waals surface area contributed by atoms with E-state index in [-0.39, 0.29) is 28.7 Å². The van der Waals surface area contributed by atoms with Crippen molar-refractivity contribution in [1.82, 2.24) is 9.97 Å². The molecule has 0 N–H and O–H groups in total. The van der Waals surface area contributed by atoms with Gasteiger partial charge in [0.15, 0.2) is 17.3 Å². The Morgan fingerprint density at radius 3 is 2.30 bits per heavy atom. The highest BCUT2D eigenvalue weighted by Gasteiger charge is 2.47. The molecule has 1 atom stereocenters. The first-order valence-electron chi connectivity index (χ1n) is 8.80. The molecule has 0 spiro atoms. The van der Waals surface area contributed by atoms with Gasteiger partial charge < -0.3 is 4.74 Å². The number of ether oxygens (including phenoxy) is 1. The third-order valence-electron chi connectivity index (χ3n) is 5.17. The summed E-state index contributed by atoms with van der Waals surface area (Å²) < 4.78 is 5.87. The van der Waals surface area contributed by atoms with E-state index < -0.39 is 5.92 Å². The maximum Gasteiger partial charge on any atom is 0.229 e. The summed E-state index contributed by atoms with van der Waals surface area (Å²) in [4.78, 5) is 47.6. The van der Waals surface area contributed by atoms with Crippen molar-refractivity contribution < 1.29 is 19.1 Å². The lowest BCUT2D eigenvalue weighted by molar-refractivity contribution is -0.116. The number of fused-ring (bicyclic) bond motifs is 1. The summed E-state index contributed by atoms with van der Waals surface area (Å²) in [7, 11) is 0. The fourth-order valence-corrected chi connectivity index (χ4v) is 3.98. The summed E-state index contributed by atoms with van der Waals surface area (Å²) in [5.41, 5.74) is 1.21. The van der Waals surface area contributed by atoms with Crippen LogP contribution in [0.4, 0.5) is 0 Å². The lowest BCUT2D eigenvalue weighted by Crippen LogP contribution is -2.34. The van der Waals surface area contributed by atoms with Crippen molar-refractivity contribution in [3.8, 4) is 0 Å². The maximum atomic E-state index is 13.3. The minimum Gasteiger partial charge on any atom is -0.457 e.